The van der Waals surface area contributed by atoms with Gasteiger partial charge in [-0.05, 0) is 44.0 Å². The average Bonchev–Trinajstić information content (AvgIpc) is 3.04. The molecule has 0 atom stereocenters. The molecular formula is C16H21N3O2. The lowest BCUT2D eigenvalue weighted by Crippen LogP contribution is -2.35. The molecule has 1 saturated heterocycles. The maximum atomic E-state index is 5.71. The summed E-state index contributed by atoms with van der Waals surface area (Å²) in [6.45, 7) is 6.33. The number of likely N-dealkylation sites (tertiary alicyclic amines) is 1. The van der Waals surface area contributed by atoms with Gasteiger partial charge in [-0.25, -0.2) is 9.97 Å². The Kier molecular flexibility index (Phi) is 4.50. The fourth-order valence-electron chi connectivity index (χ4n) is 2.50. The van der Waals surface area contributed by atoms with Crippen LogP contribution in [0.2, 0.25) is 0 Å². The third-order valence-electron chi connectivity index (χ3n) is 3.92. The van der Waals surface area contributed by atoms with E-state index in [0.717, 1.165) is 12.5 Å². The molecule has 112 valence electrons. The van der Waals surface area contributed by atoms with Crippen LogP contribution in [0.5, 0.6) is 5.75 Å². The van der Waals surface area contributed by atoms with E-state index in [4.69, 9.17) is 9.15 Å². The Morgan fingerprint density at radius 3 is 2.71 bits per heavy atom. The monoisotopic (exact) mass is 287 g/mol. The molecule has 3 heterocycles. The number of hydrogen-bond acceptors (Lipinski definition) is 5. The van der Waals surface area contributed by atoms with E-state index in [-0.39, 0.29) is 0 Å². The van der Waals surface area contributed by atoms with Crippen LogP contribution < -0.4 is 4.74 Å². The van der Waals surface area contributed by atoms with Crippen LogP contribution >= 0.6 is 0 Å². The van der Waals surface area contributed by atoms with E-state index in [9.17, 15) is 0 Å². The second-order valence-corrected chi connectivity index (χ2v) is 5.59. The lowest BCUT2D eigenvalue weighted by atomic mass is 9.99. The minimum Gasteiger partial charge on any atom is -0.489 e. The predicted octanol–water partition coefficient (Wildman–Crippen LogP) is 2.85. The molecule has 2 aromatic heterocycles. The molecule has 3 rings (SSSR count). The van der Waals surface area contributed by atoms with Gasteiger partial charge in [-0.2, -0.15) is 0 Å². The van der Waals surface area contributed by atoms with Crippen LogP contribution in [0, 0.1) is 5.92 Å². The van der Waals surface area contributed by atoms with E-state index in [1.54, 1.807) is 18.7 Å². The first-order chi connectivity index (χ1) is 10.3. The zero-order chi connectivity index (χ0) is 14.5. The van der Waals surface area contributed by atoms with Crippen LogP contribution in [0.25, 0.3) is 11.6 Å². The fraction of sp³-hybridized carbons (Fsp3) is 0.500. The average molecular weight is 287 g/mol. The van der Waals surface area contributed by atoms with E-state index in [2.05, 4.69) is 21.8 Å². The molecule has 1 fully saturated rings. The number of piperidine rings is 1. The molecule has 0 radical (unpaired) electrons. The van der Waals surface area contributed by atoms with Crippen molar-refractivity contribution >= 4 is 0 Å². The van der Waals surface area contributed by atoms with E-state index >= 15 is 0 Å². The molecule has 21 heavy (non-hydrogen) atoms. The van der Waals surface area contributed by atoms with Gasteiger partial charge in [0.25, 0.3) is 0 Å². The first-order valence-corrected chi connectivity index (χ1v) is 7.52. The minimum atomic E-state index is 0.581. The van der Waals surface area contributed by atoms with Gasteiger partial charge in [-0.1, -0.05) is 6.92 Å². The van der Waals surface area contributed by atoms with Gasteiger partial charge in [-0.15, -0.1) is 0 Å². The molecule has 5 heteroatoms. The molecule has 5 nitrogen and oxygen atoms in total. The topological polar surface area (TPSA) is 51.4 Å². The Labute approximate surface area is 125 Å². The van der Waals surface area contributed by atoms with Crippen LogP contribution in [0.1, 0.15) is 19.8 Å². The Bertz CT molecular complexity index is 531. The Hall–Kier alpha value is -1.88. The Morgan fingerprint density at radius 2 is 2.05 bits per heavy atom. The van der Waals surface area contributed by atoms with Crippen LogP contribution in [-0.2, 0) is 0 Å². The van der Waals surface area contributed by atoms with E-state index in [0.29, 0.717) is 23.9 Å². The Morgan fingerprint density at radius 1 is 1.29 bits per heavy atom. The van der Waals surface area contributed by atoms with Crippen molar-refractivity contribution in [3.63, 3.8) is 0 Å². The molecule has 0 aliphatic carbocycles. The highest BCUT2D eigenvalue weighted by molar-refractivity contribution is 5.45. The van der Waals surface area contributed by atoms with Gasteiger partial charge in [-0.3, -0.25) is 4.90 Å². The summed E-state index contributed by atoms with van der Waals surface area (Å²) in [6, 6.07) is 3.66. The second-order valence-electron chi connectivity index (χ2n) is 5.59. The summed E-state index contributed by atoms with van der Waals surface area (Å²) in [6.07, 6.45) is 7.59. The van der Waals surface area contributed by atoms with Gasteiger partial charge in [0.15, 0.2) is 17.3 Å². The number of rotatable bonds is 5. The molecule has 0 aromatic carbocycles. The van der Waals surface area contributed by atoms with Crippen LogP contribution in [0.3, 0.4) is 0 Å². The zero-order valence-electron chi connectivity index (χ0n) is 12.4. The third-order valence-corrected chi connectivity index (χ3v) is 3.92. The highest BCUT2D eigenvalue weighted by Gasteiger charge is 2.15. The molecule has 0 saturated carbocycles. The van der Waals surface area contributed by atoms with E-state index in [1.165, 1.54) is 25.9 Å². The Balaban J connectivity index is 1.45. The standard InChI is InChI=1S/C16H21N3O2/c1-13-4-6-19(7-5-13)8-10-20-14-11-17-16(18-12-14)15-3-2-9-21-15/h2-3,9,11-13H,4-8,10H2,1H3. The number of ether oxygens (including phenoxy) is 1. The molecule has 1 aliphatic rings. The maximum absolute atomic E-state index is 5.71. The molecule has 0 unspecified atom stereocenters. The molecule has 0 spiro atoms. The number of furan rings is 1. The largest absolute Gasteiger partial charge is 0.489 e. The first-order valence-electron chi connectivity index (χ1n) is 7.52. The highest BCUT2D eigenvalue weighted by Crippen LogP contribution is 2.17. The summed E-state index contributed by atoms with van der Waals surface area (Å²) in [5, 5.41) is 0. The summed E-state index contributed by atoms with van der Waals surface area (Å²) in [5.74, 6) is 2.82. The first kappa shape index (κ1) is 14.1. The molecular weight excluding hydrogens is 266 g/mol. The molecule has 0 bridgehead atoms. The number of hydrogen-bond donors (Lipinski definition) is 0. The van der Waals surface area contributed by atoms with Gasteiger partial charge >= 0.3 is 0 Å². The van der Waals surface area contributed by atoms with Gasteiger partial charge in [0.1, 0.15) is 6.61 Å². The van der Waals surface area contributed by atoms with Gasteiger partial charge in [0.2, 0.25) is 0 Å². The minimum absolute atomic E-state index is 0.581. The summed E-state index contributed by atoms with van der Waals surface area (Å²) in [4.78, 5) is 11.0. The molecule has 2 aromatic rings. The van der Waals surface area contributed by atoms with Crippen molar-refractivity contribution in [2.24, 2.45) is 5.92 Å². The van der Waals surface area contributed by atoms with Gasteiger partial charge in [0, 0.05) is 6.54 Å². The van der Waals surface area contributed by atoms with Crippen molar-refractivity contribution in [1.29, 1.82) is 0 Å². The molecule has 0 amide bonds. The number of nitrogens with zero attached hydrogens (tertiary/aromatic N) is 3. The van der Waals surface area contributed by atoms with E-state index < -0.39 is 0 Å². The SMILES string of the molecule is CC1CCN(CCOc2cnc(-c3ccco3)nc2)CC1. The van der Waals surface area contributed by atoms with Crippen molar-refractivity contribution in [3.05, 3.63) is 30.8 Å². The summed E-state index contributed by atoms with van der Waals surface area (Å²) >= 11 is 0. The fourth-order valence-corrected chi connectivity index (χ4v) is 2.50. The van der Waals surface area contributed by atoms with Crippen molar-refractivity contribution in [2.75, 3.05) is 26.2 Å². The number of aromatic nitrogens is 2. The van der Waals surface area contributed by atoms with Gasteiger partial charge < -0.3 is 9.15 Å². The maximum Gasteiger partial charge on any atom is 0.195 e. The third kappa shape index (κ3) is 3.82. The summed E-state index contributed by atoms with van der Waals surface area (Å²) < 4.78 is 11.0. The quantitative estimate of drug-likeness (QED) is 0.846. The lowest BCUT2D eigenvalue weighted by Gasteiger charge is -2.29. The lowest BCUT2D eigenvalue weighted by molar-refractivity contribution is 0.160. The summed E-state index contributed by atoms with van der Waals surface area (Å²) in [7, 11) is 0. The normalized spacial score (nSPS) is 17.0. The molecule has 0 N–H and O–H groups in total. The smallest absolute Gasteiger partial charge is 0.195 e. The molecule has 1 aliphatic heterocycles. The van der Waals surface area contributed by atoms with Crippen molar-refractivity contribution in [2.45, 2.75) is 19.8 Å². The van der Waals surface area contributed by atoms with Crippen LogP contribution in [-0.4, -0.2) is 41.1 Å². The second kappa shape index (κ2) is 6.72. The zero-order valence-corrected chi connectivity index (χ0v) is 12.4. The summed E-state index contributed by atoms with van der Waals surface area (Å²) in [5.41, 5.74) is 0. The van der Waals surface area contributed by atoms with Crippen LogP contribution in [0.4, 0.5) is 0 Å². The highest BCUT2D eigenvalue weighted by atomic mass is 16.5. The van der Waals surface area contributed by atoms with Crippen molar-refractivity contribution in [1.82, 2.24) is 14.9 Å². The van der Waals surface area contributed by atoms with Gasteiger partial charge in [0.05, 0.1) is 18.7 Å². The van der Waals surface area contributed by atoms with Crippen LogP contribution in [0.15, 0.2) is 35.2 Å². The van der Waals surface area contributed by atoms with Crippen molar-refractivity contribution in [3.8, 4) is 17.3 Å². The predicted molar refractivity (Wildman–Crippen MR) is 80.1 cm³/mol. The van der Waals surface area contributed by atoms with E-state index in [1.807, 2.05) is 12.1 Å². The van der Waals surface area contributed by atoms with Crippen molar-refractivity contribution < 1.29 is 9.15 Å².